The predicted molar refractivity (Wildman–Crippen MR) is 70.7 cm³/mol. The van der Waals surface area contributed by atoms with Crippen LogP contribution < -0.4 is 5.73 Å². The lowest BCUT2D eigenvalue weighted by Gasteiger charge is -2.38. The number of nitrogens with zero attached hydrogens (tertiary/aromatic N) is 2. The van der Waals surface area contributed by atoms with E-state index >= 15 is 0 Å². The molecule has 0 aromatic rings. The summed E-state index contributed by atoms with van der Waals surface area (Å²) >= 11 is 0. The average Bonchev–Trinajstić information content (AvgIpc) is 2.31. The molecule has 0 saturated carbocycles. The number of likely N-dealkylation sites (N-methyl/N-ethyl adjacent to an activating group) is 1. The zero-order chi connectivity index (χ0) is 13.0. The van der Waals surface area contributed by atoms with Crippen LogP contribution in [0.2, 0.25) is 0 Å². The second-order valence-corrected chi connectivity index (χ2v) is 5.43. The summed E-state index contributed by atoms with van der Waals surface area (Å²) in [6, 6.07) is 0.0307. The molecule has 2 N–H and O–H groups in total. The molecule has 0 aromatic heterocycles. The molecule has 1 heterocycles. The maximum absolute atomic E-state index is 12.3. The van der Waals surface area contributed by atoms with Gasteiger partial charge in [-0.25, -0.2) is 0 Å². The third-order valence-electron chi connectivity index (χ3n) is 3.76. The summed E-state index contributed by atoms with van der Waals surface area (Å²) < 4.78 is 0. The van der Waals surface area contributed by atoms with Crippen molar-refractivity contribution in [1.82, 2.24) is 9.80 Å². The zero-order valence-corrected chi connectivity index (χ0v) is 11.6. The Hall–Kier alpha value is -0.610. The summed E-state index contributed by atoms with van der Waals surface area (Å²) in [6.07, 6.45) is 2.14. The van der Waals surface area contributed by atoms with Gasteiger partial charge in [0.1, 0.15) is 0 Å². The lowest BCUT2D eigenvalue weighted by Crippen LogP contribution is -2.53. The first kappa shape index (κ1) is 14.5. The van der Waals surface area contributed by atoms with E-state index in [9.17, 15) is 4.79 Å². The molecule has 1 aliphatic rings. The van der Waals surface area contributed by atoms with Crippen LogP contribution in [0.25, 0.3) is 0 Å². The van der Waals surface area contributed by atoms with Gasteiger partial charge in [-0.1, -0.05) is 13.8 Å². The van der Waals surface area contributed by atoms with E-state index < -0.39 is 0 Å². The van der Waals surface area contributed by atoms with Crippen molar-refractivity contribution >= 4 is 5.91 Å². The number of rotatable bonds is 4. The van der Waals surface area contributed by atoms with Gasteiger partial charge in [0.15, 0.2) is 0 Å². The Balaban J connectivity index is 2.61. The second kappa shape index (κ2) is 6.36. The van der Waals surface area contributed by atoms with Gasteiger partial charge < -0.3 is 15.5 Å². The number of hydrogen-bond acceptors (Lipinski definition) is 3. The maximum atomic E-state index is 12.3. The van der Waals surface area contributed by atoms with E-state index in [2.05, 4.69) is 11.9 Å². The van der Waals surface area contributed by atoms with E-state index in [-0.39, 0.29) is 17.9 Å². The van der Waals surface area contributed by atoms with Crippen LogP contribution in [0.15, 0.2) is 0 Å². The summed E-state index contributed by atoms with van der Waals surface area (Å²) in [7, 11) is 2.13. The number of carbonyl (C=O) groups excluding carboxylic acids is 1. The third-order valence-corrected chi connectivity index (χ3v) is 3.76. The molecule has 4 heteroatoms. The maximum Gasteiger partial charge on any atom is 0.239 e. The highest BCUT2D eigenvalue weighted by Gasteiger charge is 2.29. The van der Waals surface area contributed by atoms with Crippen LogP contribution in [0, 0.1) is 5.92 Å². The number of piperidine rings is 1. The number of hydrogen-bond donors (Lipinski definition) is 1. The molecule has 1 atom stereocenters. The third kappa shape index (κ3) is 3.68. The van der Waals surface area contributed by atoms with Crippen LogP contribution in [0.3, 0.4) is 0 Å². The zero-order valence-electron chi connectivity index (χ0n) is 11.6. The second-order valence-electron chi connectivity index (χ2n) is 5.43. The molecule has 0 unspecified atom stereocenters. The minimum absolute atomic E-state index is 0.122. The summed E-state index contributed by atoms with van der Waals surface area (Å²) in [6.45, 7) is 8.98. The van der Waals surface area contributed by atoms with Crippen molar-refractivity contribution in [2.45, 2.75) is 45.7 Å². The molecule has 0 spiro atoms. The Morgan fingerprint density at radius 1 is 1.41 bits per heavy atom. The molecule has 1 rings (SSSR count). The quantitative estimate of drug-likeness (QED) is 0.796. The molecule has 1 amide bonds. The van der Waals surface area contributed by atoms with Crippen molar-refractivity contribution in [2.75, 3.05) is 26.7 Å². The SMILES string of the molecule is CCN(C(=O)[C@@H](N)C(C)C)C1CCN(C)CC1. The van der Waals surface area contributed by atoms with E-state index in [1.165, 1.54) is 0 Å². The van der Waals surface area contributed by atoms with Crippen molar-refractivity contribution in [2.24, 2.45) is 11.7 Å². The number of carbonyl (C=O) groups is 1. The molecule has 0 aliphatic carbocycles. The Kier molecular flexibility index (Phi) is 5.40. The largest absolute Gasteiger partial charge is 0.339 e. The molecule has 0 bridgehead atoms. The van der Waals surface area contributed by atoms with Crippen molar-refractivity contribution in [3.63, 3.8) is 0 Å². The predicted octanol–water partition coefficient (Wildman–Crippen LogP) is 0.912. The molecule has 0 aromatic carbocycles. The van der Waals surface area contributed by atoms with Crippen molar-refractivity contribution in [3.8, 4) is 0 Å². The monoisotopic (exact) mass is 241 g/mol. The fraction of sp³-hybridized carbons (Fsp3) is 0.923. The van der Waals surface area contributed by atoms with Gasteiger partial charge in [0, 0.05) is 12.6 Å². The van der Waals surface area contributed by atoms with Gasteiger partial charge in [0.2, 0.25) is 5.91 Å². The Bertz CT molecular complexity index is 247. The van der Waals surface area contributed by atoms with Crippen molar-refractivity contribution < 1.29 is 4.79 Å². The normalized spacial score (nSPS) is 20.6. The fourth-order valence-electron chi connectivity index (χ4n) is 2.38. The number of likely N-dealkylation sites (tertiary alicyclic amines) is 1. The molecule has 1 fully saturated rings. The first-order valence-electron chi connectivity index (χ1n) is 6.72. The van der Waals surface area contributed by atoms with Gasteiger partial charge in [-0.05, 0) is 45.8 Å². The van der Waals surface area contributed by atoms with E-state index in [0.29, 0.717) is 6.04 Å². The molecular formula is C13H27N3O. The number of amides is 1. The average molecular weight is 241 g/mol. The van der Waals surface area contributed by atoms with Crippen LogP contribution >= 0.6 is 0 Å². The minimum Gasteiger partial charge on any atom is -0.339 e. The van der Waals surface area contributed by atoms with Gasteiger partial charge in [-0.15, -0.1) is 0 Å². The van der Waals surface area contributed by atoms with Crippen LogP contribution in [-0.2, 0) is 4.79 Å². The molecule has 1 saturated heterocycles. The molecule has 17 heavy (non-hydrogen) atoms. The van der Waals surface area contributed by atoms with Crippen LogP contribution in [0.1, 0.15) is 33.6 Å². The lowest BCUT2D eigenvalue weighted by atomic mass is 9.99. The highest BCUT2D eigenvalue weighted by Crippen LogP contribution is 2.17. The van der Waals surface area contributed by atoms with Gasteiger partial charge in [-0.2, -0.15) is 0 Å². The topological polar surface area (TPSA) is 49.6 Å². The van der Waals surface area contributed by atoms with E-state index in [0.717, 1.165) is 32.5 Å². The minimum atomic E-state index is -0.352. The summed E-state index contributed by atoms with van der Waals surface area (Å²) in [4.78, 5) is 16.6. The number of nitrogens with two attached hydrogens (primary N) is 1. The molecule has 0 radical (unpaired) electrons. The molecular weight excluding hydrogens is 214 g/mol. The summed E-state index contributed by atoms with van der Waals surface area (Å²) in [5.41, 5.74) is 5.97. The Morgan fingerprint density at radius 3 is 2.35 bits per heavy atom. The van der Waals surface area contributed by atoms with Gasteiger partial charge >= 0.3 is 0 Å². The summed E-state index contributed by atoms with van der Waals surface area (Å²) in [5.74, 6) is 0.333. The van der Waals surface area contributed by atoms with Gasteiger partial charge in [0.25, 0.3) is 0 Å². The molecule has 100 valence electrons. The fourth-order valence-corrected chi connectivity index (χ4v) is 2.38. The van der Waals surface area contributed by atoms with Crippen LogP contribution in [0.5, 0.6) is 0 Å². The highest BCUT2D eigenvalue weighted by atomic mass is 16.2. The smallest absolute Gasteiger partial charge is 0.239 e. The van der Waals surface area contributed by atoms with Crippen molar-refractivity contribution in [1.29, 1.82) is 0 Å². The Morgan fingerprint density at radius 2 is 1.94 bits per heavy atom. The van der Waals surface area contributed by atoms with E-state index in [1.807, 2.05) is 25.7 Å². The van der Waals surface area contributed by atoms with E-state index in [1.54, 1.807) is 0 Å². The van der Waals surface area contributed by atoms with Crippen LogP contribution in [-0.4, -0.2) is 54.5 Å². The molecule has 4 nitrogen and oxygen atoms in total. The Labute approximate surface area is 105 Å². The lowest BCUT2D eigenvalue weighted by molar-refractivity contribution is -0.136. The first-order valence-corrected chi connectivity index (χ1v) is 6.72. The first-order chi connectivity index (χ1) is 7.97. The van der Waals surface area contributed by atoms with Crippen LogP contribution in [0.4, 0.5) is 0 Å². The standard InChI is InChI=1S/C13H27N3O/c1-5-16(13(17)12(14)10(2)3)11-6-8-15(4)9-7-11/h10-12H,5-9,14H2,1-4H3/t12-/m0/s1. The van der Waals surface area contributed by atoms with Gasteiger partial charge in [-0.3, -0.25) is 4.79 Å². The summed E-state index contributed by atoms with van der Waals surface area (Å²) in [5, 5.41) is 0. The molecule has 1 aliphatic heterocycles. The van der Waals surface area contributed by atoms with Gasteiger partial charge in [0.05, 0.1) is 6.04 Å². The highest BCUT2D eigenvalue weighted by molar-refractivity contribution is 5.82. The van der Waals surface area contributed by atoms with E-state index in [4.69, 9.17) is 5.73 Å². The van der Waals surface area contributed by atoms with Crippen molar-refractivity contribution in [3.05, 3.63) is 0 Å².